The van der Waals surface area contributed by atoms with Gasteiger partial charge in [-0.15, -0.1) is 0 Å². The highest BCUT2D eigenvalue weighted by molar-refractivity contribution is 5.94. The lowest BCUT2D eigenvalue weighted by atomic mass is 9.99. The molecule has 1 fully saturated rings. The van der Waals surface area contributed by atoms with E-state index in [1.165, 1.54) is 0 Å². The first-order valence-corrected chi connectivity index (χ1v) is 6.62. The van der Waals surface area contributed by atoms with Crippen LogP contribution in [0.25, 0.3) is 0 Å². The maximum Gasteiger partial charge on any atom is 0.341 e. The van der Waals surface area contributed by atoms with E-state index < -0.39 is 12.6 Å². The number of amides is 1. The van der Waals surface area contributed by atoms with E-state index >= 15 is 0 Å². The highest BCUT2D eigenvalue weighted by Crippen LogP contribution is 2.25. The fourth-order valence-electron chi connectivity index (χ4n) is 2.15. The molecule has 0 aliphatic carbocycles. The molecule has 1 aromatic carbocycles. The van der Waals surface area contributed by atoms with Gasteiger partial charge in [0.15, 0.2) is 6.61 Å². The molecular weight excluding hydrogens is 260 g/mol. The van der Waals surface area contributed by atoms with Crippen molar-refractivity contribution in [3.8, 4) is 5.75 Å². The smallest absolute Gasteiger partial charge is 0.341 e. The highest BCUT2D eigenvalue weighted by atomic mass is 16.5. The van der Waals surface area contributed by atoms with E-state index in [0.717, 1.165) is 19.4 Å². The number of anilines is 1. The Hall–Kier alpha value is -2.08. The van der Waals surface area contributed by atoms with Crippen LogP contribution in [-0.4, -0.2) is 36.7 Å². The molecule has 1 heterocycles. The Balaban J connectivity index is 2.00. The summed E-state index contributed by atoms with van der Waals surface area (Å²) in [4.78, 5) is 22.7. The molecule has 1 saturated heterocycles. The number of nitrogens with one attached hydrogen (secondary N) is 2. The second-order valence-electron chi connectivity index (χ2n) is 4.71. The lowest BCUT2D eigenvalue weighted by molar-refractivity contribution is -0.139. The zero-order valence-corrected chi connectivity index (χ0v) is 11.1. The van der Waals surface area contributed by atoms with Gasteiger partial charge in [-0.1, -0.05) is 12.1 Å². The van der Waals surface area contributed by atoms with Gasteiger partial charge in [0.25, 0.3) is 0 Å². The number of hydrogen-bond acceptors (Lipinski definition) is 4. The number of carbonyl (C=O) groups is 2. The van der Waals surface area contributed by atoms with Crippen molar-refractivity contribution in [2.45, 2.75) is 12.8 Å². The van der Waals surface area contributed by atoms with Crippen LogP contribution in [0.1, 0.15) is 12.8 Å². The molecule has 0 radical (unpaired) electrons. The first-order valence-electron chi connectivity index (χ1n) is 6.62. The Morgan fingerprint density at radius 3 is 2.90 bits per heavy atom. The fraction of sp³-hybridized carbons (Fsp3) is 0.429. The molecule has 108 valence electrons. The number of hydrogen-bond donors (Lipinski definition) is 3. The average Bonchev–Trinajstić information content (AvgIpc) is 2.47. The number of rotatable bonds is 5. The molecule has 0 saturated carbocycles. The molecular formula is C14H18N2O4. The molecule has 2 rings (SSSR count). The van der Waals surface area contributed by atoms with E-state index in [2.05, 4.69) is 10.6 Å². The van der Waals surface area contributed by atoms with Crippen LogP contribution in [0, 0.1) is 5.92 Å². The number of benzene rings is 1. The maximum atomic E-state index is 12.1. The molecule has 20 heavy (non-hydrogen) atoms. The van der Waals surface area contributed by atoms with Crippen LogP contribution in [0.2, 0.25) is 0 Å². The summed E-state index contributed by atoms with van der Waals surface area (Å²) in [7, 11) is 0. The molecule has 0 aromatic heterocycles. The summed E-state index contributed by atoms with van der Waals surface area (Å²) < 4.78 is 5.16. The minimum atomic E-state index is -1.05. The van der Waals surface area contributed by atoms with Gasteiger partial charge in [0.05, 0.1) is 11.6 Å². The first-order chi connectivity index (χ1) is 9.66. The number of carboxylic acid groups (broad SMARTS) is 1. The predicted octanol–water partition coefficient (Wildman–Crippen LogP) is 1.09. The van der Waals surface area contributed by atoms with Crippen LogP contribution < -0.4 is 15.4 Å². The summed E-state index contributed by atoms with van der Waals surface area (Å²) in [6, 6.07) is 6.83. The zero-order valence-electron chi connectivity index (χ0n) is 11.1. The molecule has 0 unspecified atom stereocenters. The normalized spacial score (nSPS) is 18.3. The molecule has 0 bridgehead atoms. The Bertz CT molecular complexity index is 484. The lowest BCUT2D eigenvalue weighted by Gasteiger charge is -2.22. The fourth-order valence-corrected chi connectivity index (χ4v) is 2.15. The Morgan fingerprint density at radius 1 is 1.40 bits per heavy atom. The highest BCUT2D eigenvalue weighted by Gasteiger charge is 2.21. The van der Waals surface area contributed by atoms with Crippen LogP contribution in [0.15, 0.2) is 24.3 Å². The predicted molar refractivity (Wildman–Crippen MR) is 73.8 cm³/mol. The summed E-state index contributed by atoms with van der Waals surface area (Å²) >= 11 is 0. The largest absolute Gasteiger partial charge is 0.480 e. The molecule has 1 amide bonds. The summed E-state index contributed by atoms with van der Waals surface area (Å²) in [5, 5.41) is 14.6. The number of aliphatic carboxylic acids is 1. The second-order valence-corrected chi connectivity index (χ2v) is 4.71. The molecule has 1 atom stereocenters. The first kappa shape index (κ1) is 14.3. The molecule has 3 N–H and O–H groups in total. The number of ether oxygens (including phenoxy) is 1. The van der Waals surface area contributed by atoms with Crippen molar-refractivity contribution in [2.75, 3.05) is 25.0 Å². The standard InChI is InChI=1S/C14H18N2O4/c17-13(18)9-20-12-6-2-1-5-11(12)16-14(19)10-4-3-7-15-8-10/h1-2,5-6,10,15H,3-4,7-9H2,(H,16,19)(H,17,18)/t10-/m1/s1. The van der Waals surface area contributed by atoms with Crippen LogP contribution in [0.4, 0.5) is 5.69 Å². The van der Waals surface area contributed by atoms with Crippen molar-refractivity contribution in [1.82, 2.24) is 5.32 Å². The van der Waals surface area contributed by atoms with Crippen molar-refractivity contribution in [1.29, 1.82) is 0 Å². The van der Waals surface area contributed by atoms with Crippen LogP contribution >= 0.6 is 0 Å². The van der Waals surface area contributed by atoms with Gasteiger partial charge in [-0.25, -0.2) is 4.79 Å². The number of carbonyl (C=O) groups excluding carboxylic acids is 1. The quantitative estimate of drug-likeness (QED) is 0.750. The third-order valence-electron chi connectivity index (χ3n) is 3.16. The van der Waals surface area contributed by atoms with Gasteiger partial charge in [-0.2, -0.15) is 0 Å². The number of carboxylic acids is 1. The van der Waals surface area contributed by atoms with Gasteiger partial charge in [-0.05, 0) is 31.5 Å². The molecule has 6 heteroatoms. The molecule has 1 aliphatic heterocycles. The van der Waals surface area contributed by atoms with E-state index in [9.17, 15) is 9.59 Å². The minimum absolute atomic E-state index is 0.0590. The van der Waals surface area contributed by atoms with Crippen molar-refractivity contribution >= 4 is 17.6 Å². The van der Waals surface area contributed by atoms with Gasteiger partial charge < -0.3 is 20.5 Å². The van der Waals surface area contributed by atoms with E-state index in [4.69, 9.17) is 9.84 Å². The van der Waals surface area contributed by atoms with E-state index in [1.54, 1.807) is 24.3 Å². The van der Waals surface area contributed by atoms with Crippen molar-refractivity contribution in [3.63, 3.8) is 0 Å². The lowest BCUT2D eigenvalue weighted by Crippen LogP contribution is -2.37. The van der Waals surface area contributed by atoms with Gasteiger partial charge in [0.1, 0.15) is 5.75 Å². The maximum absolute atomic E-state index is 12.1. The average molecular weight is 278 g/mol. The van der Waals surface area contributed by atoms with Gasteiger partial charge >= 0.3 is 5.97 Å². The van der Waals surface area contributed by atoms with Gasteiger partial charge in [0, 0.05) is 6.54 Å². The van der Waals surface area contributed by atoms with Crippen LogP contribution in [0.5, 0.6) is 5.75 Å². The Morgan fingerprint density at radius 2 is 2.20 bits per heavy atom. The molecule has 1 aliphatic rings. The second kappa shape index (κ2) is 6.91. The summed E-state index contributed by atoms with van der Waals surface area (Å²) in [5.74, 6) is -0.811. The number of piperidine rings is 1. The SMILES string of the molecule is O=C(O)COc1ccccc1NC(=O)[C@@H]1CCCNC1. The summed E-state index contributed by atoms with van der Waals surface area (Å²) in [6.45, 7) is 1.18. The van der Waals surface area contributed by atoms with Gasteiger partial charge in [-0.3, -0.25) is 4.79 Å². The van der Waals surface area contributed by atoms with Crippen molar-refractivity contribution < 1.29 is 19.4 Å². The molecule has 1 aromatic rings. The van der Waals surface area contributed by atoms with E-state index in [-0.39, 0.29) is 11.8 Å². The van der Waals surface area contributed by atoms with Gasteiger partial charge in [0.2, 0.25) is 5.91 Å². The molecule has 0 spiro atoms. The topological polar surface area (TPSA) is 87.7 Å². The van der Waals surface area contributed by atoms with E-state index in [1.807, 2.05) is 0 Å². The third kappa shape index (κ3) is 3.96. The zero-order chi connectivity index (χ0) is 14.4. The Labute approximate surface area is 117 Å². The van der Waals surface area contributed by atoms with Crippen LogP contribution in [-0.2, 0) is 9.59 Å². The monoisotopic (exact) mass is 278 g/mol. The number of para-hydroxylation sites is 2. The summed E-state index contributed by atoms with van der Waals surface area (Å²) in [6.07, 6.45) is 1.84. The van der Waals surface area contributed by atoms with Crippen molar-refractivity contribution in [3.05, 3.63) is 24.3 Å². The van der Waals surface area contributed by atoms with Crippen molar-refractivity contribution in [2.24, 2.45) is 5.92 Å². The molecule has 6 nitrogen and oxygen atoms in total. The Kier molecular flexibility index (Phi) is 4.95. The van der Waals surface area contributed by atoms with E-state index in [0.29, 0.717) is 18.0 Å². The summed E-state index contributed by atoms with van der Waals surface area (Å²) in [5.41, 5.74) is 0.504. The minimum Gasteiger partial charge on any atom is -0.480 e. The van der Waals surface area contributed by atoms with Crippen LogP contribution in [0.3, 0.4) is 0 Å². The third-order valence-corrected chi connectivity index (χ3v) is 3.16.